The fraction of sp³-hybridized carbons (Fsp3) is 0.167. The number of esters is 1. The van der Waals surface area contributed by atoms with Gasteiger partial charge in [-0.1, -0.05) is 29.8 Å². The SMILES string of the molecule is C[C@@H](OC(=O)COc1ccccc1C=O)C(=O)Nc1cccc(Cl)c1. The van der Waals surface area contributed by atoms with Crippen molar-refractivity contribution in [2.24, 2.45) is 0 Å². The van der Waals surface area contributed by atoms with Gasteiger partial charge in [0.05, 0.1) is 5.56 Å². The second-order valence-electron chi connectivity index (χ2n) is 5.08. The van der Waals surface area contributed by atoms with Crippen LogP contribution in [-0.2, 0) is 14.3 Å². The summed E-state index contributed by atoms with van der Waals surface area (Å²) in [4.78, 5) is 34.7. The van der Waals surface area contributed by atoms with E-state index in [9.17, 15) is 14.4 Å². The van der Waals surface area contributed by atoms with Crippen molar-refractivity contribution in [2.75, 3.05) is 11.9 Å². The summed E-state index contributed by atoms with van der Waals surface area (Å²) in [7, 11) is 0. The van der Waals surface area contributed by atoms with Gasteiger partial charge < -0.3 is 14.8 Å². The van der Waals surface area contributed by atoms with Crippen molar-refractivity contribution in [3.05, 3.63) is 59.1 Å². The van der Waals surface area contributed by atoms with Gasteiger partial charge in [0.15, 0.2) is 19.0 Å². The lowest BCUT2D eigenvalue weighted by atomic mass is 10.2. The smallest absolute Gasteiger partial charge is 0.344 e. The third-order valence-electron chi connectivity index (χ3n) is 3.16. The quantitative estimate of drug-likeness (QED) is 0.605. The standard InChI is InChI=1S/C18H16ClNO5/c1-12(18(23)20-15-7-4-6-14(19)9-15)25-17(22)11-24-16-8-3-2-5-13(16)10-21/h2-10,12H,11H2,1H3,(H,20,23)/t12-/m1/s1. The molecule has 0 radical (unpaired) electrons. The zero-order valence-electron chi connectivity index (χ0n) is 13.4. The molecule has 0 heterocycles. The molecule has 0 aliphatic carbocycles. The third-order valence-corrected chi connectivity index (χ3v) is 3.40. The van der Waals surface area contributed by atoms with Crippen LogP contribution < -0.4 is 10.1 Å². The lowest BCUT2D eigenvalue weighted by molar-refractivity contribution is -0.155. The Bertz CT molecular complexity index is 778. The van der Waals surface area contributed by atoms with Gasteiger partial charge >= 0.3 is 5.97 Å². The van der Waals surface area contributed by atoms with E-state index in [0.717, 1.165) is 0 Å². The summed E-state index contributed by atoms with van der Waals surface area (Å²) in [5.74, 6) is -0.955. The highest BCUT2D eigenvalue weighted by molar-refractivity contribution is 6.30. The minimum absolute atomic E-state index is 0.269. The summed E-state index contributed by atoms with van der Waals surface area (Å²) in [6.07, 6.45) is -0.391. The zero-order valence-corrected chi connectivity index (χ0v) is 14.2. The molecular weight excluding hydrogens is 346 g/mol. The topological polar surface area (TPSA) is 81.7 Å². The molecule has 1 amide bonds. The predicted molar refractivity (Wildman–Crippen MR) is 93.0 cm³/mol. The van der Waals surface area contributed by atoms with Crippen LogP contribution in [0.15, 0.2) is 48.5 Å². The van der Waals surface area contributed by atoms with Crippen LogP contribution in [0, 0.1) is 0 Å². The molecule has 0 fully saturated rings. The molecule has 0 aliphatic heterocycles. The highest BCUT2D eigenvalue weighted by Gasteiger charge is 2.18. The van der Waals surface area contributed by atoms with Gasteiger partial charge in [0.1, 0.15) is 5.75 Å². The maximum absolute atomic E-state index is 12.0. The normalized spacial score (nSPS) is 11.3. The van der Waals surface area contributed by atoms with Crippen LogP contribution in [0.4, 0.5) is 5.69 Å². The first-order valence-electron chi connectivity index (χ1n) is 7.42. The molecule has 130 valence electrons. The molecule has 2 aromatic carbocycles. The van der Waals surface area contributed by atoms with Gasteiger partial charge in [-0.25, -0.2) is 4.79 Å². The number of benzene rings is 2. The van der Waals surface area contributed by atoms with Gasteiger partial charge in [-0.3, -0.25) is 9.59 Å². The van der Waals surface area contributed by atoms with Gasteiger partial charge in [-0.15, -0.1) is 0 Å². The van der Waals surface area contributed by atoms with Crippen LogP contribution >= 0.6 is 11.6 Å². The first-order valence-corrected chi connectivity index (χ1v) is 7.80. The minimum atomic E-state index is -1.02. The highest BCUT2D eigenvalue weighted by atomic mass is 35.5. The second-order valence-corrected chi connectivity index (χ2v) is 5.51. The Morgan fingerprint density at radius 2 is 1.96 bits per heavy atom. The maximum atomic E-state index is 12.0. The summed E-state index contributed by atoms with van der Waals surface area (Å²) in [5, 5.41) is 3.07. The Morgan fingerprint density at radius 1 is 1.20 bits per heavy atom. The summed E-state index contributed by atoms with van der Waals surface area (Å²) < 4.78 is 10.3. The van der Waals surface area contributed by atoms with Crippen molar-refractivity contribution in [3.8, 4) is 5.75 Å². The van der Waals surface area contributed by atoms with Crippen LogP contribution in [0.1, 0.15) is 17.3 Å². The number of ether oxygens (including phenoxy) is 2. The fourth-order valence-electron chi connectivity index (χ4n) is 1.94. The van der Waals surface area contributed by atoms with Gasteiger partial charge in [0, 0.05) is 10.7 Å². The van der Waals surface area contributed by atoms with Crippen molar-refractivity contribution >= 4 is 35.5 Å². The number of halogens is 1. The minimum Gasteiger partial charge on any atom is -0.481 e. The van der Waals surface area contributed by atoms with Crippen LogP contribution in [0.2, 0.25) is 5.02 Å². The van der Waals surface area contributed by atoms with Crippen molar-refractivity contribution < 1.29 is 23.9 Å². The number of hydrogen-bond donors (Lipinski definition) is 1. The van der Waals surface area contributed by atoms with E-state index in [1.165, 1.54) is 6.92 Å². The number of hydrogen-bond acceptors (Lipinski definition) is 5. The number of anilines is 1. The Kier molecular flexibility index (Phi) is 6.54. The van der Waals surface area contributed by atoms with E-state index >= 15 is 0 Å². The number of rotatable bonds is 7. The van der Waals surface area contributed by atoms with Gasteiger partial charge in [0.25, 0.3) is 5.91 Å². The monoisotopic (exact) mass is 361 g/mol. The van der Waals surface area contributed by atoms with Crippen molar-refractivity contribution in [2.45, 2.75) is 13.0 Å². The molecule has 0 unspecified atom stereocenters. The van der Waals surface area contributed by atoms with Crippen LogP contribution in [-0.4, -0.2) is 30.9 Å². The van der Waals surface area contributed by atoms with Crippen molar-refractivity contribution in [1.29, 1.82) is 0 Å². The first kappa shape index (κ1) is 18.5. The third kappa shape index (κ3) is 5.61. The molecule has 2 rings (SSSR count). The molecule has 25 heavy (non-hydrogen) atoms. The van der Waals surface area contributed by atoms with E-state index < -0.39 is 24.6 Å². The molecule has 6 nitrogen and oxygen atoms in total. The molecule has 7 heteroatoms. The summed E-state index contributed by atoms with van der Waals surface area (Å²) in [6, 6.07) is 13.1. The fourth-order valence-corrected chi connectivity index (χ4v) is 2.13. The Hall–Kier alpha value is -2.86. The number of para-hydroxylation sites is 1. The van der Waals surface area contributed by atoms with E-state index in [-0.39, 0.29) is 5.75 Å². The molecule has 0 bridgehead atoms. The second kappa shape index (κ2) is 8.84. The van der Waals surface area contributed by atoms with Crippen LogP contribution in [0.3, 0.4) is 0 Å². The summed E-state index contributed by atoms with van der Waals surface area (Å²) in [6.45, 7) is 1.02. The zero-order chi connectivity index (χ0) is 18.2. The largest absolute Gasteiger partial charge is 0.481 e. The van der Waals surface area contributed by atoms with E-state index in [0.29, 0.717) is 22.6 Å². The Labute approximate surface area is 149 Å². The van der Waals surface area contributed by atoms with Gasteiger partial charge in [-0.2, -0.15) is 0 Å². The number of carbonyl (C=O) groups excluding carboxylic acids is 3. The molecule has 0 saturated heterocycles. The van der Waals surface area contributed by atoms with E-state index in [4.69, 9.17) is 21.1 Å². The van der Waals surface area contributed by atoms with Crippen LogP contribution in [0.5, 0.6) is 5.75 Å². The molecule has 0 aromatic heterocycles. The molecule has 0 spiro atoms. The average molecular weight is 362 g/mol. The van der Waals surface area contributed by atoms with Crippen LogP contribution in [0.25, 0.3) is 0 Å². The number of amides is 1. The lowest BCUT2D eigenvalue weighted by Crippen LogP contribution is -2.31. The summed E-state index contributed by atoms with van der Waals surface area (Å²) >= 11 is 5.84. The van der Waals surface area contributed by atoms with Gasteiger partial charge in [0.2, 0.25) is 0 Å². The Morgan fingerprint density at radius 3 is 2.68 bits per heavy atom. The lowest BCUT2D eigenvalue weighted by Gasteiger charge is -2.14. The molecule has 1 atom stereocenters. The van der Waals surface area contributed by atoms with Gasteiger partial charge in [-0.05, 0) is 37.3 Å². The highest BCUT2D eigenvalue weighted by Crippen LogP contribution is 2.16. The van der Waals surface area contributed by atoms with E-state index in [2.05, 4.69) is 5.32 Å². The average Bonchev–Trinajstić information content (AvgIpc) is 2.60. The first-order chi connectivity index (χ1) is 12.0. The van der Waals surface area contributed by atoms with Crippen molar-refractivity contribution in [3.63, 3.8) is 0 Å². The molecule has 0 saturated carbocycles. The van der Waals surface area contributed by atoms with Crippen molar-refractivity contribution in [1.82, 2.24) is 0 Å². The number of carbonyl (C=O) groups is 3. The molecule has 2 aromatic rings. The molecule has 1 N–H and O–H groups in total. The maximum Gasteiger partial charge on any atom is 0.344 e. The van der Waals surface area contributed by atoms with E-state index in [1.807, 2.05) is 0 Å². The molecule has 0 aliphatic rings. The number of nitrogens with one attached hydrogen (secondary N) is 1. The molecular formula is C18H16ClNO5. The predicted octanol–water partition coefficient (Wildman–Crippen LogP) is 3.10. The summed E-state index contributed by atoms with van der Waals surface area (Å²) in [5.41, 5.74) is 0.818. The Balaban J connectivity index is 1.85. The van der Waals surface area contributed by atoms with E-state index in [1.54, 1.807) is 48.5 Å². The number of aldehydes is 1.